The second-order valence-electron chi connectivity index (χ2n) is 11.3. The number of alkyl halides is 1. The van der Waals surface area contributed by atoms with Crippen LogP contribution in [0.5, 0.6) is 0 Å². The quantitative estimate of drug-likeness (QED) is 0.0530. The number of unbranched alkanes of at least 4 members (excludes halogenated alkanes) is 5. The van der Waals surface area contributed by atoms with Crippen molar-refractivity contribution in [3.05, 3.63) is 0 Å². The Morgan fingerprint density at radius 3 is 1.50 bits per heavy atom. The topological polar surface area (TPSA) is 18.5 Å². The maximum Gasteiger partial charge on any atom is 0.146 e. The van der Waals surface area contributed by atoms with Crippen molar-refractivity contribution in [3.63, 3.8) is 0 Å². The number of ether oxygens (including phenoxy) is 2. The van der Waals surface area contributed by atoms with Crippen molar-refractivity contribution in [2.24, 2.45) is 29.6 Å². The van der Waals surface area contributed by atoms with Crippen LogP contribution in [0.4, 0.5) is 0 Å². The second kappa shape index (κ2) is 22.1. The first-order chi connectivity index (χ1) is 15.2. The van der Waals surface area contributed by atoms with Crippen LogP contribution in [0, 0.1) is 29.6 Å². The molecule has 0 fully saturated rings. The molecule has 0 heterocycles. The molecule has 0 aliphatic carbocycles. The first-order valence-corrected chi connectivity index (χ1v) is 15.3. The van der Waals surface area contributed by atoms with E-state index in [1.807, 2.05) is 0 Å². The fourth-order valence-electron chi connectivity index (χ4n) is 5.50. The lowest BCUT2D eigenvalue weighted by Gasteiger charge is -2.24. The zero-order valence-electron chi connectivity index (χ0n) is 23.0. The Morgan fingerprint density at radius 2 is 0.969 bits per heavy atom. The molecule has 0 aliphatic heterocycles. The van der Waals surface area contributed by atoms with Gasteiger partial charge >= 0.3 is 0 Å². The van der Waals surface area contributed by atoms with Crippen molar-refractivity contribution in [2.45, 2.75) is 136 Å². The molecule has 32 heavy (non-hydrogen) atoms. The minimum Gasteiger partial charge on any atom is -0.355 e. The van der Waals surface area contributed by atoms with Crippen molar-refractivity contribution in [1.82, 2.24) is 0 Å². The van der Waals surface area contributed by atoms with Crippen LogP contribution in [0.1, 0.15) is 132 Å². The van der Waals surface area contributed by atoms with Crippen molar-refractivity contribution in [1.29, 1.82) is 0 Å². The van der Waals surface area contributed by atoms with Gasteiger partial charge in [-0.1, -0.05) is 103 Å². The van der Waals surface area contributed by atoms with E-state index in [2.05, 4.69) is 71.1 Å². The molecule has 0 bridgehead atoms. The summed E-state index contributed by atoms with van der Waals surface area (Å²) in [6.45, 7) is 19.0. The Kier molecular flexibility index (Phi) is 22.6. The Hall–Kier alpha value is 0.650. The summed E-state index contributed by atoms with van der Waals surface area (Å²) in [4.78, 5) is 0. The summed E-state index contributed by atoms with van der Waals surface area (Å²) in [5.74, 6) is 4.21. The normalized spacial score (nSPS) is 17.6. The lowest BCUT2D eigenvalue weighted by Crippen LogP contribution is -2.13. The van der Waals surface area contributed by atoms with Gasteiger partial charge in [0.15, 0.2) is 0 Å². The van der Waals surface area contributed by atoms with Crippen LogP contribution in [0.15, 0.2) is 0 Å². The van der Waals surface area contributed by atoms with Crippen LogP contribution >= 0.6 is 22.6 Å². The lowest BCUT2D eigenvalue weighted by atomic mass is 9.82. The van der Waals surface area contributed by atoms with Gasteiger partial charge in [0.1, 0.15) is 6.79 Å². The molecule has 194 valence electrons. The van der Waals surface area contributed by atoms with Gasteiger partial charge in [0, 0.05) is 17.1 Å². The summed E-state index contributed by atoms with van der Waals surface area (Å²) in [5, 5.41) is 0. The van der Waals surface area contributed by atoms with E-state index >= 15 is 0 Å². The first-order valence-electron chi connectivity index (χ1n) is 14.0. The van der Waals surface area contributed by atoms with Gasteiger partial charge in [-0.2, -0.15) is 0 Å². The molecule has 0 spiro atoms. The number of rotatable bonds is 23. The summed E-state index contributed by atoms with van der Waals surface area (Å²) in [6, 6.07) is 0. The van der Waals surface area contributed by atoms with Crippen LogP contribution in [-0.2, 0) is 9.47 Å². The van der Waals surface area contributed by atoms with Crippen LogP contribution in [0.2, 0.25) is 0 Å². The Morgan fingerprint density at radius 1 is 0.531 bits per heavy atom. The summed E-state index contributed by atoms with van der Waals surface area (Å²) in [6.07, 6.45) is 17.2. The number of hydrogen-bond donors (Lipinski definition) is 0. The summed E-state index contributed by atoms with van der Waals surface area (Å²) in [5.41, 5.74) is 0. The van der Waals surface area contributed by atoms with Gasteiger partial charge in [-0.25, -0.2) is 0 Å². The predicted molar refractivity (Wildman–Crippen MR) is 152 cm³/mol. The van der Waals surface area contributed by atoms with Gasteiger partial charge in [0.2, 0.25) is 0 Å². The molecule has 0 saturated heterocycles. The van der Waals surface area contributed by atoms with E-state index in [9.17, 15) is 0 Å². The minimum atomic E-state index is 0.477. The van der Waals surface area contributed by atoms with Gasteiger partial charge in [0.05, 0.1) is 0 Å². The summed E-state index contributed by atoms with van der Waals surface area (Å²) >= 11 is 2.57. The van der Waals surface area contributed by atoms with Crippen LogP contribution in [0.3, 0.4) is 0 Å². The fourth-order valence-corrected chi connectivity index (χ4v) is 6.37. The molecule has 0 amide bonds. The van der Waals surface area contributed by atoms with Gasteiger partial charge in [0.25, 0.3) is 0 Å². The van der Waals surface area contributed by atoms with E-state index < -0.39 is 0 Å². The van der Waals surface area contributed by atoms with E-state index in [1.165, 1.54) is 77.0 Å². The van der Waals surface area contributed by atoms with Crippen LogP contribution < -0.4 is 0 Å². The van der Waals surface area contributed by atoms with E-state index in [1.54, 1.807) is 0 Å². The van der Waals surface area contributed by atoms with E-state index in [0.717, 1.165) is 53.1 Å². The maximum absolute atomic E-state index is 5.68. The molecule has 0 rings (SSSR count). The molecule has 0 aliphatic rings. The van der Waals surface area contributed by atoms with E-state index in [4.69, 9.17) is 9.47 Å². The molecular formula is C29H59IO2. The van der Waals surface area contributed by atoms with E-state index in [-0.39, 0.29) is 0 Å². The largest absolute Gasteiger partial charge is 0.355 e. The van der Waals surface area contributed by atoms with Crippen molar-refractivity contribution < 1.29 is 9.47 Å². The molecule has 0 aromatic rings. The first kappa shape index (κ1) is 32.7. The monoisotopic (exact) mass is 566 g/mol. The third-order valence-electron chi connectivity index (χ3n) is 6.74. The fraction of sp³-hybridized carbons (Fsp3) is 1.00. The molecule has 0 aromatic heterocycles. The standard InChI is InChI=1S/C29H59IO2/c1-8-9-10-11-12-13-16-31-23-32-17-14-15-24(2)18-25(3)19-26(4)20-27(5)21-28(6)22-29(7)30/h24-29H,8-23H2,1-7H3. The zero-order valence-corrected chi connectivity index (χ0v) is 25.1. The molecule has 6 atom stereocenters. The van der Waals surface area contributed by atoms with Crippen LogP contribution in [0.25, 0.3) is 0 Å². The SMILES string of the molecule is CCCCCCCCOCOCCCC(C)CC(C)CC(C)CC(C)CC(C)CC(C)I. The Labute approximate surface area is 216 Å². The number of halogens is 1. The lowest BCUT2D eigenvalue weighted by molar-refractivity contribution is -0.0561. The molecular weight excluding hydrogens is 507 g/mol. The molecule has 6 unspecified atom stereocenters. The van der Waals surface area contributed by atoms with Crippen molar-refractivity contribution in [3.8, 4) is 0 Å². The van der Waals surface area contributed by atoms with Gasteiger partial charge in [-0.05, 0) is 81.0 Å². The van der Waals surface area contributed by atoms with Crippen molar-refractivity contribution >= 4 is 22.6 Å². The molecule has 0 N–H and O–H groups in total. The highest BCUT2D eigenvalue weighted by molar-refractivity contribution is 14.1. The third-order valence-corrected chi connectivity index (χ3v) is 7.25. The molecule has 0 saturated carbocycles. The summed E-state index contributed by atoms with van der Waals surface area (Å²) < 4.78 is 12.1. The highest BCUT2D eigenvalue weighted by Gasteiger charge is 2.17. The zero-order chi connectivity index (χ0) is 24.2. The van der Waals surface area contributed by atoms with Gasteiger partial charge in [-0.3, -0.25) is 0 Å². The van der Waals surface area contributed by atoms with Crippen LogP contribution in [-0.4, -0.2) is 23.9 Å². The Balaban J connectivity index is 3.65. The highest BCUT2D eigenvalue weighted by atomic mass is 127. The number of hydrogen-bond acceptors (Lipinski definition) is 2. The molecule has 3 heteroatoms. The van der Waals surface area contributed by atoms with Gasteiger partial charge in [-0.15, -0.1) is 0 Å². The molecule has 0 radical (unpaired) electrons. The highest BCUT2D eigenvalue weighted by Crippen LogP contribution is 2.29. The van der Waals surface area contributed by atoms with Crippen molar-refractivity contribution in [2.75, 3.05) is 20.0 Å². The smallest absolute Gasteiger partial charge is 0.146 e. The maximum atomic E-state index is 5.68. The molecule has 0 aromatic carbocycles. The third kappa shape index (κ3) is 22.4. The summed E-state index contributed by atoms with van der Waals surface area (Å²) in [7, 11) is 0. The average Bonchev–Trinajstić information content (AvgIpc) is 2.67. The minimum absolute atomic E-state index is 0.477. The van der Waals surface area contributed by atoms with Gasteiger partial charge < -0.3 is 9.47 Å². The Bertz CT molecular complexity index is 387. The molecule has 2 nitrogen and oxygen atoms in total. The second-order valence-corrected chi connectivity index (χ2v) is 13.5. The average molecular weight is 567 g/mol. The predicted octanol–water partition coefficient (Wildman–Crippen LogP) is 10.1. The van der Waals surface area contributed by atoms with E-state index in [0.29, 0.717) is 6.79 Å².